The van der Waals surface area contributed by atoms with Crippen LogP contribution >= 0.6 is 0 Å². The molecule has 4 bridgehead atoms. The molecular weight excluding hydrogens is 206 g/mol. The molecule has 0 aromatic heterocycles. The standard InChI is InChI=1S/C16H29N/c1-4-12(2)17-11-16-8-13-5-14(9-16)7-15(3,6-13)10-16/h12-14,17H,4-11H2,1-3H3. The Labute approximate surface area is 107 Å². The zero-order chi connectivity index (χ0) is 12.1. The predicted molar refractivity (Wildman–Crippen MR) is 73.0 cm³/mol. The average Bonchev–Trinajstić information content (AvgIpc) is 2.22. The second-order valence-electron chi connectivity index (χ2n) is 7.96. The molecule has 1 heteroatoms. The maximum absolute atomic E-state index is 3.81. The molecule has 1 N–H and O–H groups in total. The lowest BCUT2D eigenvalue weighted by atomic mass is 9.44. The van der Waals surface area contributed by atoms with E-state index in [2.05, 4.69) is 26.1 Å². The van der Waals surface area contributed by atoms with E-state index in [0.717, 1.165) is 11.8 Å². The van der Waals surface area contributed by atoms with Crippen molar-refractivity contribution in [3.8, 4) is 0 Å². The lowest BCUT2D eigenvalue weighted by molar-refractivity contribution is -0.100. The van der Waals surface area contributed by atoms with Gasteiger partial charge in [-0.2, -0.15) is 0 Å². The first-order valence-electron chi connectivity index (χ1n) is 7.76. The second kappa shape index (κ2) is 3.98. The zero-order valence-corrected chi connectivity index (χ0v) is 11.9. The summed E-state index contributed by atoms with van der Waals surface area (Å²) in [5, 5.41) is 3.81. The Morgan fingerprint density at radius 3 is 2.35 bits per heavy atom. The number of hydrogen-bond acceptors (Lipinski definition) is 1. The highest BCUT2D eigenvalue weighted by molar-refractivity contribution is 5.06. The van der Waals surface area contributed by atoms with Crippen LogP contribution in [0.2, 0.25) is 0 Å². The van der Waals surface area contributed by atoms with Crippen LogP contribution in [0.15, 0.2) is 0 Å². The minimum absolute atomic E-state index is 0.683. The SMILES string of the molecule is CCC(C)NCC12CC3CC(CC(C)(C3)C1)C2. The third kappa shape index (κ3) is 2.16. The maximum atomic E-state index is 3.81. The molecule has 3 atom stereocenters. The molecule has 0 aromatic rings. The summed E-state index contributed by atoms with van der Waals surface area (Å²) in [6, 6.07) is 0.704. The van der Waals surface area contributed by atoms with E-state index in [1.807, 2.05) is 0 Å². The van der Waals surface area contributed by atoms with Crippen molar-refractivity contribution in [2.75, 3.05) is 6.54 Å². The molecule has 4 saturated carbocycles. The fraction of sp³-hybridized carbons (Fsp3) is 1.00. The van der Waals surface area contributed by atoms with Gasteiger partial charge >= 0.3 is 0 Å². The Morgan fingerprint density at radius 1 is 1.18 bits per heavy atom. The van der Waals surface area contributed by atoms with Crippen LogP contribution in [-0.2, 0) is 0 Å². The quantitative estimate of drug-likeness (QED) is 0.777. The third-order valence-electron chi connectivity index (χ3n) is 5.91. The van der Waals surface area contributed by atoms with Gasteiger partial charge in [-0.25, -0.2) is 0 Å². The van der Waals surface area contributed by atoms with Crippen molar-refractivity contribution in [2.24, 2.45) is 22.7 Å². The van der Waals surface area contributed by atoms with Gasteiger partial charge in [-0.1, -0.05) is 13.8 Å². The molecule has 0 aliphatic heterocycles. The van der Waals surface area contributed by atoms with Gasteiger partial charge in [-0.05, 0) is 74.5 Å². The minimum atomic E-state index is 0.683. The van der Waals surface area contributed by atoms with Gasteiger partial charge in [-0.3, -0.25) is 0 Å². The molecule has 98 valence electrons. The van der Waals surface area contributed by atoms with Gasteiger partial charge in [0.15, 0.2) is 0 Å². The molecule has 4 aliphatic rings. The monoisotopic (exact) mass is 235 g/mol. The molecule has 0 heterocycles. The van der Waals surface area contributed by atoms with Crippen LogP contribution in [0.5, 0.6) is 0 Å². The lowest BCUT2D eigenvalue weighted by Gasteiger charge is -2.61. The first kappa shape index (κ1) is 12.0. The molecule has 3 unspecified atom stereocenters. The highest BCUT2D eigenvalue weighted by Crippen LogP contribution is 2.64. The van der Waals surface area contributed by atoms with Gasteiger partial charge in [0, 0.05) is 12.6 Å². The fourth-order valence-electron chi connectivity index (χ4n) is 5.67. The van der Waals surface area contributed by atoms with Crippen molar-refractivity contribution in [2.45, 2.75) is 71.8 Å². The number of rotatable bonds is 4. The normalized spacial score (nSPS) is 49.6. The zero-order valence-electron chi connectivity index (χ0n) is 11.9. The van der Waals surface area contributed by atoms with E-state index < -0.39 is 0 Å². The Balaban J connectivity index is 1.70. The van der Waals surface area contributed by atoms with E-state index in [-0.39, 0.29) is 0 Å². The first-order valence-corrected chi connectivity index (χ1v) is 7.76. The van der Waals surface area contributed by atoms with E-state index in [9.17, 15) is 0 Å². The molecule has 1 nitrogen and oxygen atoms in total. The van der Waals surface area contributed by atoms with Crippen LogP contribution in [0, 0.1) is 22.7 Å². The smallest absolute Gasteiger partial charge is 0.00363 e. The number of nitrogens with one attached hydrogen (secondary N) is 1. The summed E-state index contributed by atoms with van der Waals surface area (Å²) in [4.78, 5) is 0. The summed E-state index contributed by atoms with van der Waals surface area (Å²) in [7, 11) is 0. The maximum Gasteiger partial charge on any atom is 0.00363 e. The Bertz CT molecular complexity index is 282. The van der Waals surface area contributed by atoms with Crippen molar-refractivity contribution in [3.63, 3.8) is 0 Å². The summed E-state index contributed by atoms with van der Waals surface area (Å²) in [6.07, 6.45) is 10.5. The molecule has 0 spiro atoms. The van der Waals surface area contributed by atoms with Crippen LogP contribution in [0.4, 0.5) is 0 Å². The first-order chi connectivity index (χ1) is 8.03. The van der Waals surface area contributed by atoms with Crippen molar-refractivity contribution >= 4 is 0 Å². The molecular formula is C16H29N. The molecule has 4 aliphatic carbocycles. The third-order valence-corrected chi connectivity index (χ3v) is 5.91. The van der Waals surface area contributed by atoms with E-state index in [1.165, 1.54) is 45.1 Å². The Kier molecular flexibility index (Phi) is 2.81. The summed E-state index contributed by atoms with van der Waals surface area (Å²) in [6.45, 7) is 8.49. The minimum Gasteiger partial charge on any atom is -0.314 e. The van der Waals surface area contributed by atoms with E-state index in [4.69, 9.17) is 0 Å². The van der Waals surface area contributed by atoms with Gasteiger partial charge < -0.3 is 5.32 Å². The van der Waals surface area contributed by atoms with Gasteiger partial charge in [0.2, 0.25) is 0 Å². The van der Waals surface area contributed by atoms with Crippen molar-refractivity contribution < 1.29 is 0 Å². The van der Waals surface area contributed by atoms with Gasteiger partial charge in [0.05, 0.1) is 0 Å². The van der Waals surface area contributed by atoms with E-state index >= 15 is 0 Å². The van der Waals surface area contributed by atoms with Crippen molar-refractivity contribution in [3.05, 3.63) is 0 Å². The van der Waals surface area contributed by atoms with Crippen LogP contribution in [0.1, 0.15) is 65.7 Å². The average molecular weight is 235 g/mol. The second-order valence-corrected chi connectivity index (χ2v) is 7.96. The Hall–Kier alpha value is -0.0400. The summed E-state index contributed by atoms with van der Waals surface area (Å²) >= 11 is 0. The highest BCUT2D eigenvalue weighted by atomic mass is 14.9. The van der Waals surface area contributed by atoms with Gasteiger partial charge in [0.25, 0.3) is 0 Å². The fourth-order valence-corrected chi connectivity index (χ4v) is 5.67. The molecule has 0 amide bonds. The lowest BCUT2D eigenvalue weighted by Crippen LogP contribution is -2.54. The summed E-state index contributed by atoms with van der Waals surface area (Å²) in [5.41, 5.74) is 1.39. The summed E-state index contributed by atoms with van der Waals surface area (Å²) < 4.78 is 0. The molecule has 0 aromatic carbocycles. The molecule has 0 saturated heterocycles. The van der Waals surface area contributed by atoms with Crippen molar-refractivity contribution in [1.82, 2.24) is 5.32 Å². The predicted octanol–water partition coefficient (Wildman–Crippen LogP) is 3.98. The highest BCUT2D eigenvalue weighted by Gasteiger charge is 2.55. The number of hydrogen-bond donors (Lipinski definition) is 1. The molecule has 17 heavy (non-hydrogen) atoms. The van der Waals surface area contributed by atoms with Crippen LogP contribution in [0.25, 0.3) is 0 Å². The van der Waals surface area contributed by atoms with Gasteiger partial charge in [0.1, 0.15) is 0 Å². The largest absolute Gasteiger partial charge is 0.314 e. The topological polar surface area (TPSA) is 12.0 Å². The van der Waals surface area contributed by atoms with Crippen LogP contribution in [0.3, 0.4) is 0 Å². The van der Waals surface area contributed by atoms with Crippen molar-refractivity contribution in [1.29, 1.82) is 0 Å². The molecule has 4 rings (SSSR count). The van der Waals surface area contributed by atoms with Crippen LogP contribution < -0.4 is 5.32 Å². The molecule has 0 radical (unpaired) electrons. The van der Waals surface area contributed by atoms with Gasteiger partial charge in [-0.15, -0.1) is 0 Å². The van der Waals surface area contributed by atoms with E-state index in [1.54, 1.807) is 6.42 Å². The van der Waals surface area contributed by atoms with Crippen LogP contribution in [-0.4, -0.2) is 12.6 Å². The summed E-state index contributed by atoms with van der Waals surface area (Å²) in [5.74, 6) is 2.14. The van der Waals surface area contributed by atoms with E-state index in [0.29, 0.717) is 16.9 Å². The Morgan fingerprint density at radius 2 is 1.82 bits per heavy atom. The molecule has 4 fully saturated rings.